The molecule has 0 spiro atoms. The number of hydrogen-bond acceptors (Lipinski definition) is 2. The highest BCUT2D eigenvalue weighted by Crippen LogP contribution is 2.25. The molecule has 21 heavy (non-hydrogen) atoms. The fraction of sp³-hybridized carbons (Fsp3) is 0.684. The molecule has 0 bridgehead atoms. The van der Waals surface area contributed by atoms with Crippen LogP contribution < -0.4 is 10.1 Å². The molecule has 1 fully saturated rings. The lowest BCUT2D eigenvalue weighted by Crippen LogP contribution is -2.32. The topological polar surface area (TPSA) is 21.3 Å². The first-order chi connectivity index (χ1) is 10.3. The van der Waals surface area contributed by atoms with Crippen molar-refractivity contribution in [1.82, 2.24) is 5.32 Å². The summed E-state index contributed by atoms with van der Waals surface area (Å²) in [5.41, 5.74) is 1.35. The Kier molecular flexibility index (Phi) is 7.08. The van der Waals surface area contributed by atoms with Gasteiger partial charge in [-0.05, 0) is 49.8 Å². The summed E-state index contributed by atoms with van der Waals surface area (Å²) in [5, 5.41) is 3.72. The highest BCUT2D eigenvalue weighted by molar-refractivity contribution is 5.27. The third-order valence-corrected chi connectivity index (χ3v) is 4.63. The Bertz CT molecular complexity index is 379. The first kappa shape index (κ1) is 16.4. The van der Waals surface area contributed by atoms with E-state index in [0.717, 1.165) is 31.2 Å². The first-order valence-electron chi connectivity index (χ1n) is 8.74. The second-order valence-corrected chi connectivity index (χ2v) is 6.41. The van der Waals surface area contributed by atoms with Gasteiger partial charge < -0.3 is 10.1 Å². The average Bonchev–Trinajstić information content (AvgIpc) is 2.81. The zero-order valence-electron chi connectivity index (χ0n) is 13.7. The van der Waals surface area contributed by atoms with Gasteiger partial charge in [0, 0.05) is 12.6 Å². The minimum absolute atomic E-state index is 0.624. The summed E-state index contributed by atoms with van der Waals surface area (Å²) in [5.74, 6) is 1.84. The molecule has 1 aromatic rings. The molecule has 2 heteroatoms. The summed E-state index contributed by atoms with van der Waals surface area (Å²) in [6.07, 6.45) is 9.56. The van der Waals surface area contributed by atoms with E-state index in [4.69, 9.17) is 4.74 Å². The standard InChI is InChI=1S/C19H31NO/c1-3-14-21-19-12-10-17(11-13-19)15-20-16(2)18-8-6-4-5-7-9-18/h10-13,16,18,20H,3-9,14-15H2,1-2H3/t16-/m1/s1. The van der Waals surface area contributed by atoms with E-state index in [0.29, 0.717) is 6.04 Å². The molecule has 0 amide bonds. The fourth-order valence-electron chi connectivity index (χ4n) is 3.18. The van der Waals surface area contributed by atoms with Gasteiger partial charge in [0.15, 0.2) is 0 Å². The molecule has 0 aliphatic heterocycles. The van der Waals surface area contributed by atoms with Gasteiger partial charge in [-0.15, -0.1) is 0 Å². The molecule has 2 nitrogen and oxygen atoms in total. The summed E-state index contributed by atoms with van der Waals surface area (Å²) in [4.78, 5) is 0. The number of nitrogens with one attached hydrogen (secondary N) is 1. The third kappa shape index (κ3) is 5.70. The van der Waals surface area contributed by atoms with E-state index in [2.05, 4.69) is 43.4 Å². The second kappa shape index (κ2) is 9.09. The van der Waals surface area contributed by atoms with E-state index in [9.17, 15) is 0 Å². The molecule has 1 aromatic carbocycles. The van der Waals surface area contributed by atoms with Crippen molar-refractivity contribution in [2.24, 2.45) is 5.92 Å². The Hall–Kier alpha value is -1.02. The molecule has 0 saturated heterocycles. The average molecular weight is 289 g/mol. The van der Waals surface area contributed by atoms with Crippen LogP contribution in [0.1, 0.15) is 64.4 Å². The van der Waals surface area contributed by atoms with Crippen LogP contribution in [-0.4, -0.2) is 12.6 Å². The van der Waals surface area contributed by atoms with Gasteiger partial charge in [0.1, 0.15) is 5.75 Å². The van der Waals surface area contributed by atoms with Crippen LogP contribution in [0.3, 0.4) is 0 Å². The van der Waals surface area contributed by atoms with Crippen molar-refractivity contribution in [2.75, 3.05) is 6.61 Å². The van der Waals surface area contributed by atoms with Crippen molar-refractivity contribution in [2.45, 2.75) is 71.4 Å². The van der Waals surface area contributed by atoms with E-state index in [-0.39, 0.29) is 0 Å². The Morgan fingerprint density at radius 2 is 1.76 bits per heavy atom. The van der Waals surface area contributed by atoms with Gasteiger partial charge in [0.05, 0.1) is 6.61 Å². The lowest BCUT2D eigenvalue weighted by atomic mass is 9.93. The Balaban J connectivity index is 1.76. The largest absolute Gasteiger partial charge is 0.494 e. The summed E-state index contributed by atoms with van der Waals surface area (Å²) in [6.45, 7) is 6.25. The number of ether oxygens (including phenoxy) is 1. The van der Waals surface area contributed by atoms with E-state index >= 15 is 0 Å². The predicted octanol–water partition coefficient (Wildman–Crippen LogP) is 4.92. The van der Waals surface area contributed by atoms with Crippen LogP contribution in [0.15, 0.2) is 24.3 Å². The van der Waals surface area contributed by atoms with Gasteiger partial charge in [-0.1, -0.05) is 44.7 Å². The van der Waals surface area contributed by atoms with Crippen LogP contribution in [0.5, 0.6) is 5.75 Å². The van der Waals surface area contributed by atoms with Crippen LogP contribution in [0, 0.1) is 5.92 Å². The molecule has 1 N–H and O–H groups in total. The van der Waals surface area contributed by atoms with Crippen LogP contribution in [0.2, 0.25) is 0 Å². The quantitative estimate of drug-likeness (QED) is 0.719. The predicted molar refractivity (Wildman–Crippen MR) is 89.7 cm³/mol. The van der Waals surface area contributed by atoms with E-state index in [1.807, 2.05) is 0 Å². The number of hydrogen-bond donors (Lipinski definition) is 1. The van der Waals surface area contributed by atoms with Crippen molar-refractivity contribution in [3.63, 3.8) is 0 Å². The molecule has 1 aliphatic carbocycles. The summed E-state index contributed by atoms with van der Waals surface area (Å²) in [6, 6.07) is 9.15. The molecule has 1 aliphatic rings. The van der Waals surface area contributed by atoms with Gasteiger partial charge >= 0.3 is 0 Å². The van der Waals surface area contributed by atoms with Gasteiger partial charge in [0.2, 0.25) is 0 Å². The smallest absolute Gasteiger partial charge is 0.119 e. The maximum Gasteiger partial charge on any atom is 0.119 e. The SMILES string of the molecule is CCCOc1ccc(CN[C@H](C)C2CCCCCC2)cc1. The molecule has 0 aromatic heterocycles. The van der Waals surface area contributed by atoms with E-state index in [1.54, 1.807) is 0 Å². The molecular formula is C19H31NO. The maximum absolute atomic E-state index is 5.62. The monoisotopic (exact) mass is 289 g/mol. The number of rotatable bonds is 7. The lowest BCUT2D eigenvalue weighted by molar-refractivity contribution is 0.317. The zero-order chi connectivity index (χ0) is 14.9. The maximum atomic E-state index is 5.62. The normalized spacial score (nSPS) is 18.2. The van der Waals surface area contributed by atoms with E-state index < -0.39 is 0 Å². The molecule has 1 saturated carbocycles. The Morgan fingerprint density at radius 3 is 2.38 bits per heavy atom. The van der Waals surface area contributed by atoms with Gasteiger partial charge in [-0.2, -0.15) is 0 Å². The molecule has 0 heterocycles. The number of benzene rings is 1. The zero-order valence-corrected chi connectivity index (χ0v) is 13.7. The van der Waals surface area contributed by atoms with Crippen molar-refractivity contribution in [3.05, 3.63) is 29.8 Å². The molecule has 0 unspecified atom stereocenters. The molecular weight excluding hydrogens is 258 g/mol. The minimum Gasteiger partial charge on any atom is -0.494 e. The van der Waals surface area contributed by atoms with Crippen molar-refractivity contribution in [3.8, 4) is 5.75 Å². The van der Waals surface area contributed by atoms with Crippen LogP contribution in [0.25, 0.3) is 0 Å². The summed E-state index contributed by atoms with van der Waals surface area (Å²) in [7, 11) is 0. The Morgan fingerprint density at radius 1 is 1.10 bits per heavy atom. The van der Waals surface area contributed by atoms with Crippen LogP contribution in [-0.2, 0) is 6.54 Å². The molecule has 118 valence electrons. The van der Waals surface area contributed by atoms with Crippen molar-refractivity contribution < 1.29 is 4.74 Å². The second-order valence-electron chi connectivity index (χ2n) is 6.41. The van der Waals surface area contributed by atoms with Gasteiger partial charge in [0.25, 0.3) is 0 Å². The van der Waals surface area contributed by atoms with Gasteiger partial charge in [-0.3, -0.25) is 0 Å². The lowest BCUT2D eigenvalue weighted by Gasteiger charge is -2.23. The van der Waals surface area contributed by atoms with Crippen LogP contribution >= 0.6 is 0 Å². The van der Waals surface area contributed by atoms with Crippen molar-refractivity contribution >= 4 is 0 Å². The molecule has 0 radical (unpaired) electrons. The Labute approximate surface area is 130 Å². The fourth-order valence-corrected chi connectivity index (χ4v) is 3.18. The van der Waals surface area contributed by atoms with Crippen LogP contribution in [0.4, 0.5) is 0 Å². The third-order valence-electron chi connectivity index (χ3n) is 4.63. The first-order valence-corrected chi connectivity index (χ1v) is 8.74. The minimum atomic E-state index is 0.624. The molecule has 2 rings (SSSR count). The van der Waals surface area contributed by atoms with Gasteiger partial charge in [-0.25, -0.2) is 0 Å². The summed E-state index contributed by atoms with van der Waals surface area (Å²) >= 11 is 0. The van der Waals surface area contributed by atoms with Crippen molar-refractivity contribution in [1.29, 1.82) is 0 Å². The summed E-state index contributed by atoms with van der Waals surface area (Å²) < 4.78 is 5.62. The highest BCUT2D eigenvalue weighted by Gasteiger charge is 2.18. The van der Waals surface area contributed by atoms with E-state index in [1.165, 1.54) is 44.1 Å². The highest BCUT2D eigenvalue weighted by atomic mass is 16.5. The molecule has 1 atom stereocenters.